The van der Waals surface area contributed by atoms with E-state index in [1.807, 2.05) is 6.92 Å². The monoisotopic (exact) mass is 348 g/mol. The van der Waals surface area contributed by atoms with Gasteiger partial charge in [0.25, 0.3) is 0 Å². The number of ether oxygens (including phenoxy) is 2. The first-order valence-electron chi connectivity index (χ1n) is 8.26. The number of nitrogens with one attached hydrogen (secondary N) is 1. The first-order valence-corrected chi connectivity index (χ1v) is 8.26. The lowest BCUT2D eigenvalue weighted by Crippen LogP contribution is -2.34. The van der Waals surface area contributed by atoms with Crippen molar-refractivity contribution in [1.82, 2.24) is 5.32 Å². The van der Waals surface area contributed by atoms with Crippen molar-refractivity contribution in [3.63, 3.8) is 0 Å². The number of hydrogen-bond acceptors (Lipinski definition) is 5. The fourth-order valence-corrected chi connectivity index (χ4v) is 2.90. The largest absolute Gasteiger partial charge is 0.479 e. The molecule has 6 nitrogen and oxygen atoms in total. The normalized spacial score (nSPS) is 20.7. The Morgan fingerprint density at radius 3 is 2.96 bits per heavy atom. The molecule has 2 N–H and O–H groups in total. The van der Waals surface area contributed by atoms with Gasteiger partial charge in [0.05, 0.1) is 31.4 Å². The Morgan fingerprint density at radius 1 is 1.48 bits per heavy atom. The van der Waals surface area contributed by atoms with Crippen molar-refractivity contribution in [3.05, 3.63) is 53.2 Å². The maximum Gasteiger partial charge on any atom is 0.333 e. The van der Waals surface area contributed by atoms with Crippen LogP contribution in [0.4, 0.5) is 10.1 Å². The molecule has 0 aliphatic carbocycles. The smallest absolute Gasteiger partial charge is 0.333 e. The predicted molar refractivity (Wildman–Crippen MR) is 90.7 cm³/mol. The van der Waals surface area contributed by atoms with Gasteiger partial charge >= 0.3 is 5.97 Å². The van der Waals surface area contributed by atoms with Crippen molar-refractivity contribution < 1.29 is 23.8 Å². The summed E-state index contributed by atoms with van der Waals surface area (Å²) in [4.78, 5) is 12.9. The summed E-state index contributed by atoms with van der Waals surface area (Å²) in [5.74, 6) is -0.890. The van der Waals surface area contributed by atoms with Gasteiger partial charge in [0, 0.05) is 24.3 Å². The zero-order chi connectivity index (χ0) is 17.8. The number of halogens is 1. The van der Waals surface area contributed by atoms with Crippen LogP contribution in [0.3, 0.4) is 0 Å². The average Bonchev–Trinajstić information content (AvgIpc) is 2.63. The topological polar surface area (TPSA) is 71.0 Å². The van der Waals surface area contributed by atoms with E-state index < -0.39 is 5.97 Å². The van der Waals surface area contributed by atoms with Crippen molar-refractivity contribution in [3.8, 4) is 0 Å². The molecule has 7 heteroatoms. The first kappa shape index (κ1) is 17.4. The van der Waals surface area contributed by atoms with E-state index in [1.54, 1.807) is 23.1 Å². The summed E-state index contributed by atoms with van der Waals surface area (Å²) in [6.07, 6.45) is 2.78. The molecule has 0 spiro atoms. The third-order valence-corrected chi connectivity index (χ3v) is 4.16. The van der Waals surface area contributed by atoms with Gasteiger partial charge in [0.1, 0.15) is 5.82 Å². The Morgan fingerprint density at radius 2 is 2.32 bits per heavy atom. The molecule has 25 heavy (non-hydrogen) atoms. The van der Waals surface area contributed by atoms with Gasteiger partial charge in [-0.05, 0) is 31.2 Å². The second kappa shape index (κ2) is 7.67. The predicted octanol–water partition coefficient (Wildman–Crippen LogP) is 2.20. The second-order valence-electron chi connectivity index (χ2n) is 5.79. The van der Waals surface area contributed by atoms with Gasteiger partial charge in [-0.3, -0.25) is 0 Å². The van der Waals surface area contributed by atoms with Gasteiger partial charge in [-0.2, -0.15) is 0 Å². The number of rotatable bonds is 5. The third kappa shape index (κ3) is 3.83. The van der Waals surface area contributed by atoms with Crippen LogP contribution in [-0.2, 0) is 14.3 Å². The molecule has 0 aromatic heterocycles. The van der Waals surface area contributed by atoms with Crippen LogP contribution in [0.1, 0.15) is 18.6 Å². The van der Waals surface area contributed by atoms with E-state index in [4.69, 9.17) is 9.47 Å². The molecule has 0 unspecified atom stereocenters. The molecular weight excluding hydrogens is 327 g/mol. The number of benzene rings is 1. The van der Waals surface area contributed by atoms with Gasteiger partial charge in [0.2, 0.25) is 0 Å². The number of carboxylic acids is 1. The second-order valence-corrected chi connectivity index (χ2v) is 5.79. The molecule has 1 aromatic rings. The number of morpholine rings is 1. The zero-order valence-corrected chi connectivity index (χ0v) is 14.0. The summed E-state index contributed by atoms with van der Waals surface area (Å²) in [6.45, 7) is 4.25. The lowest BCUT2D eigenvalue weighted by molar-refractivity contribution is -0.132. The Kier molecular flexibility index (Phi) is 5.35. The molecule has 1 atom stereocenters. The summed E-state index contributed by atoms with van der Waals surface area (Å²) >= 11 is 0. The molecule has 1 aromatic carbocycles. The van der Waals surface area contributed by atoms with E-state index in [0.29, 0.717) is 36.9 Å². The van der Waals surface area contributed by atoms with E-state index in [2.05, 4.69) is 5.32 Å². The highest BCUT2D eigenvalue weighted by atomic mass is 19.1. The lowest BCUT2D eigenvalue weighted by atomic mass is 10.1. The average molecular weight is 348 g/mol. The van der Waals surface area contributed by atoms with Gasteiger partial charge in [-0.15, -0.1) is 0 Å². The van der Waals surface area contributed by atoms with Gasteiger partial charge in [0.15, 0.2) is 5.88 Å². The number of anilines is 1. The minimum atomic E-state index is -1.00. The molecular formula is C18H21FN2O4. The van der Waals surface area contributed by atoms with E-state index in [0.717, 1.165) is 6.54 Å². The molecule has 0 radical (unpaired) electrons. The number of aliphatic carboxylic acids is 1. The Balaban J connectivity index is 1.87. The van der Waals surface area contributed by atoms with Gasteiger partial charge in [-0.1, -0.05) is 6.07 Å². The maximum atomic E-state index is 14.6. The van der Waals surface area contributed by atoms with Crippen LogP contribution in [-0.4, -0.2) is 43.9 Å². The van der Waals surface area contributed by atoms with Crippen LogP contribution in [0.2, 0.25) is 0 Å². The van der Waals surface area contributed by atoms with Crippen LogP contribution < -0.4 is 10.2 Å². The van der Waals surface area contributed by atoms with E-state index in [1.165, 1.54) is 12.1 Å². The number of carbonyl (C=O) groups is 1. The zero-order valence-electron chi connectivity index (χ0n) is 14.0. The minimum Gasteiger partial charge on any atom is -0.479 e. The minimum absolute atomic E-state index is 0.113. The molecule has 2 heterocycles. The molecule has 3 rings (SSSR count). The Hall–Kier alpha value is -2.38. The quantitative estimate of drug-likeness (QED) is 0.850. The van der Waals surface area contributed by atoms with Crippen molar-refractivity contribution in [2.45, 2.75) is 13.0 Å². The molecule has 0 saturated carbocycles. The number of carboxylic acid groups (broad SMARTS) is 1. The highest BCUT2D eigenvalue weighted by Crippen LogP contribution is 2.29. The van der Waals surface area contributed by atoms with Crippen molar-refractivity contribution in [2.75, 3.05) is 37.7 Å². The van der Waals surface area contributed by atoms with Crippen LogP contribution in [0.5, 0.6) is 0 Å². The molecule has 2 aliphatic heterocycles. The van der Waals surface area contributed by atoms with E-state index in [9.17, 15) is 14.3 Å². The Labute approximate surface area is 145 Å². The molecule has 0 amide bonds. The van der Waals surface area contributed by atoms with Crippen molar-refractivity contribution in [2.24, 2.45) is 0 Å². The summed E-state index contributed by atoms with van der Waals surface area (Å²) in [5.41, 5.74) is 1.24. The maximum absolute atomic E-state index is 14.6. The van der Waals surface area contributed by atoms with E-state index >= 15 is 0 Å². The highest BCUT2D eigenvalue weighted by Gasteiger charge is 2.24. The number of nitrogens with zero attached hydrogens (tertiary/aromatic N) is 1. The Bertz CT molecular complexity index is 711. The molecule has 1 saturated heterocycles. The number of hydrogen-bond donors (Lipinski definition) is 2. The lowest BCUT2D eigenvalue weighted by Gasteiger charge is -2.30. The van der Waals surface area contributed by atoms with Crippen LogP contribution in [0.25, 0.3) is 0 Å². The van der Waals surface area contributed by atoms with E-state index in [-0.39, 0.29) is 24.0 Å². The summed E-state index contributed by atoms with van der Waals surface area (Å²) in [5, 5.41) is 12.4. The van der Waals surface area contributed by atoms with Crippen LogP contribution in [0, 0.1) is 5.82 Å². The van der Waals surface area contributed by atoms with Crippen molar-refractivity contribution in [1.29, 1.82) is 0 Å². The van der Waals surface area contributed by atoms with Gasteiger partial charge in [-0.25, -0.2) is 9.18 Å². The fourth-order valence-electron chi connectivity index (χ4n) is 2.90. The van der Waals surface area contributed by atoms with Crippen molar-refractivity contribution >= 4 is 11.7 Å². The van der Waals surface area contributed by atoms with Gasteiger partial charge < -0.3 is 24.8 Å². The fraction of sp³-hybridized carbons (Fsp3) is 0.389. The highest BCUT2D eigenvalue weighted by molar-refractivity contribution is 5.89. The molecule has 2 aliphatic rings. The first-order chi connectivity index (χ1) is 12.1. The summed E-state index contributed by atoms with van der Waals surface area (Å²) in [7, 11) is 0. The third-order valence-electron chi connectivity index (χ3n) is 4.16. The molecule has 134 valence electrons. The SMILES string of the molecule is CCOC1=CC=C(C(=O)O)CN1c1ccc([C@@H]2CNCCO2)c(F)c1. The van der Waals surface area contributed by atoms with Crippen LogP contribution in [0.15, 0.2) is 41.8 Å². The molecule has 1 fully saturated rings. The summed E-state index contributed by atoms with van der Waals surface area (Å²) < 4.78 is 25.8. The standard InChI is InChI=1S/C18H21FN2O4/c1-2-24-17-6-3-12(18(22)23)11-21(17)13-4-5-14(15(19)9-13)16-10-20-7-8-25-16/h3-6,9,16,20H,2,7-8,10-11H2,1H3,(H,22,23)/t16-/m0/s1. The number of allylic oxidation sites excluding steroid dienone is 2. The van der Waals surface area contributed by atoms with Crippen LogP contribution >= 0.6 is 0 Å². The molecule has 0 bridgehead atoms. The summed E-state index contributed by atoms with van der Waals surface area (Å²) in [6, 6.07) is 4.84.